The van der Waals surface area contributed by atoms with Crippen LogP contribution in [0.15, 0.2) is 54.6 Å². The van der Waals surface area contributed by atoms with E-state index in [2.05, 4.69) is 5.32 Å². The molecule has 0 spiro atoms. The number of sulfonamides is 1. The van der Waals surface area contributed by atoms with Crippen molar-refractivity contribution in [3.8, 4) is 5.75 Å². The molecule has 158 valence electrons. The summed E-state index contributed by atoms with van der Waals surface area (Å²) >= 11 is 0. The van der Waals surface area contributed by atoms with Crippen molar-refractivity contribution in [2.45, 2.75) is 18.1 Å². The highest BCUT2D eigenvalue weighted by molar-refractivity contribution is 7.95. The topological polar surface area (TPSA) is 102 Å². The fourth-order valence-electron chi connectivity index (χ4n) is 3.78. The molecule has 2 aromatic rings. The molecule has 2 aliphatic rings. The average molecular weight is 430 g/mol. The minimum atomic E-state index is -3.81. The van der Waals surface area contributed by atoms with Gasteiger partial charge in [0.1, 0.15) is 5.75 Å². The maximum absolute atomic E-state index is 13.1. The van der Waals surface area contributed by atoms with Gasteiger partial charge < -0.3 is 14.8 Å². The molecular weight excluding hydrogens is 408 g/mol. The second-order valence-electron chi connectivity index (χ2n) is 7.23. The predicted molar refractivity (Wildman–Crippen MR) is 111 cm³/mol. The molecule has 0 aromatic heterocycles. The van der Waals surface area contributed by atoms with Crippen molar-refractivity contribution >= 4 is 33.3 Å². The number of rotatable bonds is 7. The molecule has 1 saturated carbocycles. The lowest BCUT2D eigenvalue weighted by molar-refractivity contribution is -0.145. The number of ether oxygens (including phenoxy) is 2. The van der Waals surface area contributed by atoms with E-state index in [1.807, 2.05) is 6.07 Å². The Morgan fingerprint density at radius 2 is 1.83 bits per heavy atom. The van der Waals surface area contributed by atoms with E-state index < -0.39 is 26.6 Å². The third kappa shape index (κ3) is 3.39. The summed E-state index contributed by atoms with van der Waals surface area (Å²) in [5, 5.41) is 2.71. The number of benzene rings is 2. The van der Waals surface area contributed by atoms with Gasteiger partial charge in [0, 0.05) is 18.2 Å². The summed E-state index contributed by atoms with van der Waals surface area (Å²) in [7, 11) is -3.81. The molecule has 2 aromatic carbocycles. The van der Waals surface area contributed by atoms with Crippen molar-refractivity contribution in [3.05, 3.63) is 54.6 Å². The molecule has 1 aliphatic carbocycles. The number of hydrogen-bond donors (Lipinski definition) is 1. The molecule has 1 amide bonds. The van der Waals surface area contributed by atoms with E-state index in [0.717, 1.165) is 0 Å². The van der Waals surface area contributed by atoms with Crippen LogP contribution in [0.1, 0.15) is 13.3 Å². The Morgan fingerprint density at radius 1 is 1.13 bits per heavy atom. The molecule has 2 atom stereocenters. The van der Waals surface area contributed by atoms with Gasteiger partial charge in [0.05, 0.1) is 12.3 Å². The van der Waals surface area contributed by atoms with Gasteiger partial charge in [-0.25, -0.2) is 13.2 Å². The fourth-order valence-corrected chi connectivity index (χ4v) is 6.14. The van der Waals surface area contributed by atoms with Gasteiger partial charge in [0.2, 0.25) is 15.9 Å². The number of nitrogens with zero attached hydrogens (tertiary/aromatic N) is 1. The van der Waals surface area contributed by atoms with Gasteiger partial charge >= 0.3 is 5.97 Å². The Bertz CT molecular complexity index is 1050. The summed E-state index contributed by atoms with van der Waals surface area (Å²) in [6.45, 7) is 2.09. The molecule has 2 fully saturated rings. The van der Waals surface area contributed by atoms with Crippen LogP contribution < -0.4 is 14.4 Å². The molecule has 2 unspecified atom stereocenters. The maximum atomic E-state index is 13.1. The van der Waals surface area contributed by atoms with E-state index in [0.29, 0.717) is 30.1 Å². The van der Waals surface area contributed by atoms with E-state index in [9.17, 15) is 18.0 Å². The second-order valence-corrected chi connectivity index (χ2v) is 9.35. The highest BCUT2D eigenvalue weighted by atomic mass is 32.2. The maximum Gasteiger partial charge on any atom is 0.344 e. The lowest BCUT2D eigenvalue weighted by atomic mass is 10.2. The monoisotopic (exact) mass is 430 g/mol. The van der Waals surface area contributed by atoms with Crippen LogP contribution in [0.5, 0.6) is 5.75 Å². The van der Waals surface area contributed by atoms with E-state index in [-0.39, 0.29) is 19.1 Å². The first-order valence-corrected chi connectivity index (χ1v) is 11.1. The van der Waals surface area contributed by atoms with Crippen LogP contribution in [0.2, 0.25) is 0 Å². The molecule has 1 N–H and O–H groups in total. The molecule has 0 bridgehead atoms. The fraction of sp³-hybridized carbons (Fsp3) is 0.333. The normalized spacial score (nSPS) is 23.4. The molecule has 9 heteroatoms. The third-order valence-electron chi connectivity index (χ3n) is 5.39. The number of hydrogen-bond acceptors (Lipinski definition) is 6. The summed E-state index contributed by atoms with van der Waals surface area (Å²) in [4.78, 5) is 24.3. The zero-order valence-electron chi connectivity index (χ0n) is 16.4. The highest BCUT2D eigenvalue weighted by Crippen LogP contribution is 2.58. The first-order valence-electron chi connectivity index (χ1n) is 9.66. The first kappa shape index (κ1) is 20.2. The summed E-state index contributed by atoms with van der Waals surface area (Å²) in [6, 6.07) is 15.2. The van der Waals surface area contributed by atoms with Crippen molar-refractivity contribution in [1.29, 1.82) is 0 Å². The first-order chi connectivity index (χ1) is 14.4. The van der Waals surface area contributed by atoms with E-state index in [1.165, 1.54) is 4.31 Å². The second kappa shape index (κ2) is 7.64. The number of fused-ring (bicyclic) bond motifs is 1. The number of carbonyl (C=O) groups is 2. The van der Waals surface area contributed by atoms with Gasteiger partial charge in [-0.3, -0.25) is 9.10 Å². The summed E-state index contributed by atoms with van der Waals surface area (Å²) in [5.74, 6) is -0.781. The zero-order valence-corrected chi connectivity index (χ0v) is 17.2. The van der Waals surface area contributed by atoms with E-state index >= 15 is 0 Å². The van der Waals surface area contributed by atoms with Crippen LogP contribution in [-0.2, 0) is 24.3 Å². The van der Waals surface area contributed by atoms with Gasteiger partial charge in [-0.05, 0) is 49.7 Å². The quantitative estimate of drug-likeness (QED) is 0.676. The molecule has 1 aliphatic heterocycles. The largest absolute Gasteiger partial charge is 0.482 e. The Balaban J connectivity index is 1.43. The van der Waals surface area contributed by atoms with Gasteiger partial charge in [-0.2, -0.15) is 0 Å². The molecule has 0 radical (unpaired) electrons. The van der Waals surface area contributed by atoms with Crippen molar-refractivity contribution in [2.24, 2.45) is 5.92 Å². The number of nitrogens with one attached hydrogen (secondary N) is 1. The third-order valence-corrected chi connectivity index (χ3v) is 7.93. The number of amides is 1. The van der Waals surface area contributed by atoms with Crippen molar-refractivity contribution in [1.82, 2.24) is 0 Å². The Hall–Kier alpha value is -3.07. The zero-order chi connectivity index (χ0) is 21.4. The summed E-state index contributed by atoms with van der Waals surface area (Å²) in [5.41, 5.74) is 1.02. The molecule has 1 saturated heterocycles. The molecule has 1 heterocycles. The molecule has 30 heavy (non-hydrogen) atoms. The van der Waals surface area contributed by atoms with Crippen LogP contribution >= 0.6 is 0 Å². The highest BCUT2D eigenvalue weighted by Gasteiger charge is 2.75. The van der Waals surface area contributed by atoms with Gasteiger partial charge in [-0.1, -0.05) is 18.2 Å². The van der Waals surface area contributed by atoms with Crippen LogP contribution in [0, 0.1) is 5.92 Å². The van der Waals surface area contributed by atoms with Gasteiger partial charge in [0.15, 0.2) is 11.4 Å². The lowest BCUT2D eigenvalue weighted by Crippen LogP contribution is -2.42. The van der Waals surface area contributed by atoms with Gasteiger partial charge in [0.25, 0.3) is 0 Å². The number of para-hydroxylation sites is 1. The molecule has 8 nitrogen and oxygen atoms in total. The minimum absolute atomic E-state index is 0.210. The average Bonchev–Trinajstić information content (AvgIpc) is 3.43. The summed E-state index contributed by atoms with van der Waals surface area (Å²) in [6.07, 6.45) is 0.325. The Morgan fingerprint density at radius 3 is 2.50 bits per heavy atom. The predicted octanol–water partition coefficient (Wildman–Crippen LogP) is 2.18. The van der Waals surface area contributed by atoms with Crippen LogP contribution in [0.4, 0.5) is 11.4 Å². The molecule has 4 rings (SSSR count). The Kier molecular flexibility index (Phi) is 5.15. The van der Waals surface area contributed by atoms with Gasteiger partial charge in [-0.15, -0.1) is 0 Å². The van der Waals surface area contributed by atoms with Crippen molar-refractivity contribution in [3.63, 3.8) is 0 Å². The smallest absolute Gasteiger partial charge is 0.344 e. The lowest BCUT2D eigenvalue weighted by Gasteiger charge is -2.22. The standard InChI is InChI=1S/C21H22N2O6S/c1-2-28-19(24)14-29-18-10-8-16(9-11-18)22-20(25)21-12-15(21)13-23(30(21,26)27)17-6-4-3-5-7-17/h3-11,15H,2,12-14H2,1H3,(H,22,25). The SMILES string of the molecule is CCOC(=O)COc1ccc(NC(=O)C23CC2CN(c2ccccc2)S3(=O)=O)cc1. The van der Waals surface area contributed by atoms with Crippen molar-refractivity contribution in [2.75, 3.05) is 29.4 Å². The van der Waals surface area contributed by atoms with Crippen molar-refractivity contribution < 1.29 is 27.5 Å². The van der Waals surface area contributed by atoms with Crippen LogP contribution in [0.25, 0.3) is 0 Å². The summed E-state index contributed by atoms with van der Waals surface area (Å²) < 4.78 is 36.3. The molecular formula is C21H22N2O6S. The van der Waals surface area contributed by atoms with Crippen LogP contribution in [0.3, 0.4) is 0 Å². The van der Waals surface area contributed by atoms with Crippen LogP contribution in [-0.4, -0.2) is 44.8 Å². The number of esters is 1. The number of anilines is 2. The van der Waals surface area contributed by atoms with E-state index in [4.69, 9.17) is 9.47 Å². The Labute approximate surface area is 174 Å². The number of carbonyl (C=O) groups excluding carboxylic acids is 2. The minimum Gasteiger partial charge on any atom is -0.482 e. The van der Waals surface area contributed by atoms with E-state index in [1.54, 1.807) is 55.5 Å².